The number of carbonyl (C=O) groups excluding carboxylic acids is 2. The summed E-state index contributed by atoms with van der Waals surface area (Å²) < 4.78 is 5.39. The molecule has 0 aromatic heterocycles. The van der Waals surface area contributed by atoms with E-state index in [-0.39, 0.29) is 12.2 Å². The summed E-state index contributed by atoms with van der Waals surface area (Å²) in [7, 11) is 5.07. The van der Waals surface area contributed by atoms with E-state index in [2.05, 4.69) is 10.2 Å². The predicted molar refractivity (Wildman–Crippen MR) is 81.2 cm³/mol. The Morgan fingerprint density at radius 1 is 1.36 bits per heavy atom. The Morgan fingerprint density at radius 2 is 2.00 bits per heavy atom. The molecule has 2 heterocycles. The smallest absolute Gasteiger partial charge is 0.273 e. The third-order valence-electron chi connectivity index (χ3n) is 3.92. The van der Waals surface area contributed by atoms with Gasteiger partial charge in [0.1, 0.15) is 11.5 Å². The summed E-state index contributed by atoms with van der Waals surface area (Å²) in [5.74, 6) is 0.431. The molecule has 0 bridgehead atoms. The van der Waals surface area contributed by atoms with Gasteiger partial charge in [0, 0.05) is 40.8 Å². The molecule has 2 rings (SSSR count). The summed E-state index contributed by atoms with van der Waals surface area (Å²) in [6, 6.07) is 0. The van der Waals surface area contributed by atoms with Crippen molar-refractivity contribution in [2.24, 2.45) is 0 Å². The number of hydrogen-bond donors (Lipinski definition) is 1. The molecule has 0 aromatic rings. The molecule has 8 nitrogen and oxygen atoms in total. The first kappa shape index (κ1) is 16.6. The molecule has 1 N–H and O–H groups in total. The lowest BCUT2D eigenvalue weighted by Crippen LogP contribution is -2.56. The maximum absolute atomic E-state index is 12.6. The summed E-state index contributed by atoms with van der Waals surface area (Å²) in [6.45, 7) is 5.59. The van der Waals surface area contributed by atoms with Crippen LogP contribution in [0.25, 0.3) is 0 Å². The van der Waals surface area contributed by atoms with Gasteiger partial charge in [0.2, 0.25) is 6.41 Å². The van der Waals surface area contributed by atoms with Gasteiger partial charge in [0.15, 0.2) is 6.29 Å². The molecule has 1 atom stereocenters. The molecule has 22 heavy (non-hydrogen) atoms. The lowest BCUT2D eigenvalue weighted by Gasteiger charge is -2.38. The van der Waals surface area contributed by atoms with Crippen molar-refractivity contribution in [2.45, 2.75) is 13.2 Å². The Balaban J connectivity index is 2.33. The fraction of sp³-hybridized carbons (Fsp3) is 0.714. The van der Waals surface area contributed by atoms with E-state index in [1.807, 2.05) is 11.8 Å². The Bertz CT molecular complexity index is 459. The highest BCUT2D eigenvalue weighted by molar-refractivity contribution is 5.94. The van der Waals surface area contributed by atoms with Crippen LogP contribution < -0.4 is 5.32 Å². The molecule has 1 saturated heterocycles. The third kappa shape index (κ3) is 3.02. The molecule has 8 heteroatoms. The SMILES string of the molecule is CCN1C(C(=O)N(C)C)=C(N(C)C=O)NC1N1CCOCC1. The minimum absolute atomic E-state index is 0.117. The molecule has 0 spiro atoms. The first-order chi connectivity index (χ1) is 10.5. The van der Waals surface area contributed by atoms with Crippen molar-refractivity contribution < 1.29 is 14.3 Å². The van der Waals surface area contributed by atoms with Gasteiger partial charge in [0.05, 0.1) is 13.2 Å². The van der Waals surface area contributed by atoms with Crippen molar-refractivity contribution in [3.8, 4) is 0 Å². The van der Waals surface area contributed by atoms with Crippen molar-refractivity contribution >= 4 is 12.3 Å². The number of carbonyl (C=O) groups is 2. The summed E-state index contributed by atoms with van der Waals surface area (Å²) in [6.07, 6.45) is 0.575. The fourth-order valence-electron chi connectivity index (χ4n) is 2.73. The minimum atomic E-state index is -0.134. The molecule has 124 valence electrons. The highest BCUT2D eigenvalue weighted by Gasteiger charge is 2.39. The van der Waals surface area contributed by atoms with Gasteiger partial charge in [-0.15, -0.1) is 0 Å². The van der Waals surface area contributed by atoms with E-state index in [1.165, 1.54) is 9.80 Å². The quantitative estimate of drug-likeness (QED) is 0.648. The maximum atomic E-state index is 12.6. The number of ether oxygens (including phenoxy) is 1. The first-order valence-corrected chi connectivity index (χ1v) is 7.50. The minimum Gasteiger partial charge on any atom is -0.379 e. The molecular weight excluding hydrogens is 286 g/mol. The Morgan fingerprint density at radius 3 is 2.50 bits per heavy atom. The zero-order chi connectivity index (χ0) is 16.3. The number of hydrogen-bond acceptors (Lipinski definition) is 6. The van der Waals surface area contributed by atoms with Gasteiger partial charge in [-0.25, -0.2) is 0 Å². The summed E-state index contributed by atoms with van der Waals surface area (Å²) in [5.41, 5.74) is 0.526. The van der Waals surface area contributed by atoms with Crippen LogP contribution in [0.2, 0.25) is 0 Å². The highest BCUT2D eigenvalue weighted by Crippen LogP contribution is 2.25. The lowest BCUT2D eigenvalue weighted by molar-refractivity contribution is -0.127. The lowest BCUT2D eigenvalue weighted by atomic mass is 10.3. The van der Waals surface area contributed by atoms with Crippen molar-refractivity contribution in [3.05, 3.63) is 11.5 Å². The van der Waals surface area contributed by atoms with Crippen molar-refractivity contribution in [1.82, 2.24) is 24.9 Å². The second-order valence-electron chi connectivity index (χ2n) is 5.57. The largest absolute Gasteiger partial charge is 0.379 e. The van der Waals surface area contributed by atoms with Crippen LogP contribution >= 0.6 is 0 Å². The first-order valence-electron chi connectivity index (χ1n) is 7.50. The van der Waals surface area contributed by atoms with Crippen molar-refractivity contribution in [2.75, 3.05) is 54.0 Å². The number of amides is 2. The average molecular weight is 311 g/mol. The molecule has 2 aliphatic rings. The molecule has 0 saturated carbocycles. The molecule has 1 fully saturated rings. The Hall–Kier alpha value is -1.80. The average Bonchev–Trinajstić information content (AvgIpc) is 2.93. The second-order valence-corrected chi connectivity index (χ2v) is 5.57. The monoisotopic (exact) mass is 311 g/mol. The van der Waals surface area contributed by atoms with Crippen LogP contribution in [0.5, 0.6) is 0 Å². The molecule has 0 aromatic carbocycles. The van der Waals surface area contributed by atoms with Crippen molar-refractivity contribution in [3.63, 3.8) is 0 Å². The molecule has 2 amide bonds. The van der Waals surface area contributed by atoms with Crippen LogP contribution in [-0.4, -0.2) is 92.2 Å². The van der Waals surface area contributed by atoms with Crippen LogP contribution in [0, 0.1) is 0 Å². The maximum Gasteiger partial charge on any atom is 0.273 e. The Kier molecular flexibility index (Phi) is 5.25. The van der Waals surface area contributed by atoms with Gasteiger partial charge in [-0.2, -0.15) is 0 Å². The molecule has 0 radical (unpaired) electrons. The van der Waals surface area contributed by atoms with Gasteiger partial charge in [0.25, 0.3) is 5.91 Å². The standard InChI is InChI=1S/C14H25N5O3/c1-5-19-11(13(21)16(2)3)12(17(4)10-20)15-14(19)18-6-8-22-9-7-18/h10,14-15H,5-9H2,1-4H3. The van der Waals surface area contributed by atoms with E-state index in [0.717, 1.165) is 13.1 Å². The van der Waals surface area contributed by atoms with Gasteiger partial charge in [-0.05, 0) is 6.92 Å². The number of nitrogens with zero attached hydrogens (tertiary/aromatic N) is 4. The fourth-order valence-corrected chi connectivity index (χ4v) is 2.73. The van der Waals surface area contributed by atoms with Crippen LogP contribution in [0.4, 0.5) is 0 Å². The predicted octanol–water partition coefficient (Wildman–Crippen LogP) is -1.13. The van der Waals surface area contributed by atoms with Crippen LogP contribution in [0.3, 0.4) is 0 Å². The van der Waals surface area contributed by atoms with Gasteiger partial charge >= 0.3 is 0 Å². The van der Waals surface area contributed by atoms with E-state index < -0.39 is 0 Å². The van der Waals surface area contributed by atoms with E-state index in [1.54, 1.807) is 21.1 Å². The van der Waals surface area contributed by atoms with E-state index in [0.29, 0.717) is 37.7 Å². The number of rotatable bonds is 5. The normalized spacial score (nSPS) is 22.5. The third-order valence-corrected chi connectivity index (χ3v) is 3.92. The van der Waals surface area contributed by atoms with Crippen LogP contribution in [-0.2, 0) is 14.3 Å². The van der Waals surface area contributed by atoms with Crippen LogP contribution in [0.15, 0.2) is 11.5 Å². The van der Waals surface area contributed by atoms with Gasteiger partial charge in [-0.1, -0.05) is 0 Å². The summed E-state index contributed by atoms with van der Waals surface area (Å²) in [4.78, 5) is 30.9. The zero-order valence-electron chi connectivity index (χ0n) is 13.7. The van der Waals surface area contributed by atoms with E-state index >= 15 is 0 Å². The molecule has 0 aliphatic carbocycles. The molecule has 1 unspecified atom stereocenters. The number of likely N-dealkylation sites (N-methyl/N-ethyl adjacent to an activating group) is 2. The van der Waals surface area contributed by atoms with E-state index in [9.17, 15) is 9.59 Å². The molecule has 2 aliphatic heterocycles. The second kappa shape index (κ2) is 6.97. The van der Waals surface area contributed by atoms with Gasteiger partial charge < -0.3 is 24.8 Å². The zero-order valence-corrected chi connectivity index (χ0v) is 13.7. The number of morpholine rings is 1. The summed E-state index contributed by atoms with van der Waals surface area (Å²) in [5, 5.41) is 3.32. The Labute approximate surface area is 131 Å². The van der Waals surface area contributed by atoms with Crippen LogP contribution in [0.1, 0.15) is 6.92 Å². The topological polar surface area (TPSA) is 68.4 Å². The highest BCUT2D eigenvalue weighted by atomic mass is 16.5. The van der Waals surface area contributed by atoms with Gasteiger partial charge in [-0.3, -0.25) is 14.5 Å². The molecular formula is C14H25N5O3. The van der Waals surface area contributed by atoms with Crippen molar-refractivity contribution in [1.29, 1.82) is 0 Å². The summed E-state index contributed by atoms with van der Waals surface area (Å²) >= 11 is 0. The van der Waals surface area contributed by atoms with E-state index in [4.69, 9.17) is 4.74 Å². The number of nitrogens with one attached hydrogen (secondary N) is 1.